The second-order valence-electron chi connectivity index (χ2n) is 4.12. The molecule has 0 aliphatic carbocycles. The summed E-state index contributed by atoms with van der Waals surface area (Å²) in [5.41, 5.74) is 7.19. The molecular weight excluding hydrogens is 324 g/mol. The Hall–Kier alpha value is -1.17. The molecule has 0 atom stereocenters. The van der Waals surface area contributed by atoms with E-state index in [0.29, 0.717) is 18.7 Å². The molecule has 1 aromatic carbocycles. The first kappa shape index (κ1) is 14.2. The number of rotatable bonds is 5. The van der Waals surface area contributed by atoms with E-state index in [1.54, 1.807) is 17.4 Å². The Kier molecular flexibility index (Phi) is 5.13. The lowest BCUT2D eigenvalue weighted by atomic mass is 10.1. The molecule has 0 bridgehead atoms. The van der Waals surface area contributed by atoms with Crippen LogP contribution in [0.3, 0.4) is 0 Å². The first-order valence-corrected chi connectivity index (χ1v) is 7.61. The van der Waals surface area contributed by atoms with Gasteiger partial charge in [0.25, 0.3) is 5.91 Å². The Morgan fingerprint density at radius 1 is 1.32 bits per heavy atom. The van der Waals surface area contributed by atoms with Crippen LogP contribution in [0.25, 0.3) is 0 Å². The number of benzene rings is 1. The fraction of sp³-hybridized carbons (Fsp3) is 0.214. The average Bonchev–Trinajstić information content (AvgIpc) is 2.84. The summed E-state index contributed by atoms with van der Waals surface area (Å²) < 4.78 is 1.12. The minimum absolute atomic E-state index is 0.0501. The van der Waals surface area contributed by atoms with Crippen molar-refractivity contribution >= 4 is 33.2 Å². The molecule has 1 heterocycles. The smallest absolute Gasteiger partial charge is 0.251 e. The van der Waals surface area contributed by atoms with Crippen molar-refractivity contribution in [2.75, 3.05) is 6.54 Å². The highest BCUT2D eigenvalue weighted by Crippen LogP contribution is 2.22. The Balaban J connectivity index is 1.87. The van der Waals surface area contributed by atoms with Crippen LogP contribution in [0.5, 0.6) is 0 Å². The lowest BCUT2D eigenvalue weighted by molar-refractivity contribution is 0.0954. The summed E-state index contributed by atoms with van der Waals surface area (Å²) in [5, 5.41) is 2.92. The van der Waals surface area contributed by atoms with Gasteiger partial charge in [-0.25, -0.2) is 0 Å². The first-order chi connectivity index (χ1) is 9.19. The molecule has 0 unspecified atom stereocenters. The summed E-state index contributed by atoms with van der Waals surface area (Å²) in [6.45, 7) is 1.09. The van der Waals surface area contributed by atoms with Gasteiger partial charge in [-0.2, -0.15) is 0 Å². The van der Waals surface area contributed by atoms with Gasteiger partial charge in [-0.15, -0.1) is 11.3 Å². The van der Waals surface area contributed by atoms with Crippen LogP contribution < -0.4 is 11.1 Å². The van der Waals surface area contributed by atoms with Crippen LogP contribution in [0.4, 0.5) is 0 Å². The van der Waals surface area contributed by atoms with Gasteiger partial charge in [0.05, 0.1) is 3.79 Å². The Bertz CT molecular complexity index is 568. The van der Waals surface area contributed by atoms with Gasteiger partial charge in [0.2, 0.25) is 0 Å². The molecule has 3 N–H and O–H groups in total. The van der Waals surface area contributed by atoms with Gasteiger partial charge in [-0.1, -0.05) is 12.1 Å². The molecule has 5 heteroatoms. The second-order valence-corrected chi connectivity index (χ2v) is 6.66. The normalized spacial score (nSPS) is 10.4. The summed E-state index contributed by atoms with van der Waals surface area (Å²) in [6.07, 6.45) is 0.846. The zero-order valence-corrected chi connectivity index (χ0v) is 12.8. The third-order valence-electron chi connectivity index (χ3n) is 2.71. The Morgan fingerprint density at radius 3 is 2.84 bits per heavy atom. The van der Waals surface area contributed by atoms with E-state index in [9.17, 15) is 4.79 Å². The molecule has 1 aromatic heterocycles. The van der Waals surface area contributed by atoms with E-state index in [-0.39, 0.29) is 5.91 Å². The summed E-state index contributed by atoms with van der Waals surface area (Å²) >= 11 is 5.12. The third kappa shape index (κ3) is 4.16. The first-order valence-electron chi connectivity index (χ1n) is 6.00. The van der Waals surface area contributed by atoms with Crippen LogP contribution in [0, 0.1) is 0 Å². The number of carbonyl (C=O) groups is 1. The van der Waals surface area contributed by atoms with Crippen molar-refractivity contribution in [3.63, 3.8) is 0 Å². The monoisotopic (exact) mass is 338 g/mol. The van der Waals surface area contributed by atoms with Gasteiger partial charge >= 0.3 is 0 Å². The Labute approximate surface area is 125 Å². The molecule has 3 nitrogen and oxygen atoms in total. The van der Waals surface area contributed by atoms with Gasteiger partial charge in [-0.3, -0.25) is 4.79 Å². The highest BCUT2D eigenvalue weighted by Gasteiger charge is 2.05. The maximum atomic E-state index is 12.0. The molecule has 100 valence electrons. The van der Waals surface area contributed by atoms with Crippen molar-refractivity contribution in [1.82, 2.24) is 5.32 Å². The lowest BCUT2D eigenvalue weighted by Gasteiger charge is -2.05. The van der Waals surface area contributed by atoms with E-state index < -0.39 is 0 Å². The van der Waals surface area contributed by atoms with E-state index in [2.05, 4.69) is 27.3 Å². The van der Waals surface area contributed by atoms with E-state index in [1.807, 2.05) is 24.3 Å². The molecule has 19 heavy (non-hydrogen) atoms. The molecule has 0 saturated carbocycles. The quantitative estimate of drug-likeness (QED) is 0.880. The third-order valence-corrected chi connectivity index (χ3v) is 4.39. The van der Waals surface area contributed by atoms with Gasteiger partial charge < -0.3 is 11.1 Å². The van der Waals surface area contributed by atoms with Crippen molar-refractivity contribution in [2.45, 2.75) is 13.0 Å². The molecule has 0 radical (unpaired) electrons. The standard InChI is InChI=1S/C14H15BrN2OS/c15-13-5-4-12(19-13)6-7-17-14(18)11-3-1-2-10(8-11)9-16/h1-5,8H,6-7,9,16H2,(H,17,18). The summed E-state index contributed by atoms with van der Waals surface area (Å²) in [6, 6.07) is 11.5. The number of thiophene rings is 1. The van der Waals surface area contributed by atoms with Crippen LogP contribution in [0.2, 0.25) is 0 Å². The summed E-state index contributed by atoms with van der Waals surface area (Å²) in [5.74, 6) is -0.0501. The minimum atomic E-state index is -0.0501. The lowest BCUT2D eigenvalue weighted by Crippen LogP contribution is -2.25. The Morgan fingerprint density at radius 2 is 2.16 bits per heavy atom. The van der Waals surface area contributed by atoms with Crippen molar-refractivity contribution in [1.29, 1.82) is 0 Å². The molecular formula is C14H15BrN2OS. The zero-order valence-electron chi connectivity index (χ0n) is 10.4. The van der Waals surface area contributed by atoms with Crippen molar-refractivity contribution in [3.8, 4) is 0 Å². The van der Waals surface area contributed by atoms with Crippen molar-refractivity contribution in [2.24, 2.45) is 5.73 Å². The van der Waals surface area contributed by atoms with Gasteiger partial charge in [0, 0.05) is 23.5 Å². The van der Waals surface area contributed by atoms with Crippen molar-refractivity contribution < 1.29 is 4.79 Å². The molecule has 0 spiro atoms. The number of carbonyl (C=O) groups excluding carboxylic acids is 1. The van der Waals surface area contributed by atoms with E-state index in [0.717, 1.165) is 15.8 Å². The number of nitrogens with two attached hydrogens (primary N) is 1. The minimum Gasteiger partial charge on any atom is -0.352 e. The maximum absolute atomic E-state index is 12.0. The predicted octanol–water partition coefficient (Wildman–Crippen LogP) is 2.94. The number of nitrogens with one attached hydrogen (secondary N) is 1. The van der Waals surface area contributed by atoms with Gasteiger partial charge in [0.1, 0.15) is 0 Å². The van der Waals surface area contributed by atoms with Crippen molar-refractivity contribution in [3.05, 3.63) is 56.2 Å². The predicted molar refractivity (Wildman–Crippen MR) is 82.4 cm³/mol. The number of amides is 1. The largest absolute Gasteiger partial charge is 0.352 e. The molecule has 1 amide bonds. The molecule has 0 saturated heterocycles. The van der Waals surface area contributed by atoms with Crippen LogP contribution >= 0.6 is 27.3 Å². The van der Waals surface area contributed by atoms with Gasteiger partial charge in [0.15, 0.2) is 0 Å². The number of hydrogen-bond acceptors (Lipinski definition) is 3. The highest BCUT2D eigenvalue weighted by molar-refractivity contribution is 9.11. The van der Waals surface area contributed by atoms with E-state index >= 15 is 0 Å². The van der Waals surface area contributed by atoms with Crippen LogP contribution in [0.15, 0.2) is 40.2 Å². The van der Waals surface area contributed by atoms with Crippen LogP contribution in [-0.4, -0.2) is 12.5 Å². The fourth-order valence-electron chi connectivity index (χ4n) is 1.73. The topological polar surface area (TPSA) is 55.1 Å². The molecule has 2 aromatic rings. The molecule has 2 rings (SSSR count). The fourth-order valence-corrected chi connectivity index (χ4v) is 3.21. The van der Waals surface area contributed by atoms with Gasteiger partial charge in [-0.05, 0) is 52.2 Å². The zero-order chi connectivity index (χ0) is 13.7. The summed E-state index contributed by atoms with van der Waals surface area (Å²) in [4.78, 5) is 13.2. The van der Waals surface area contributed by atoms with Crippen LogP contribution in [0.1, 0.15) is 20.8 Å². The number of halogens is 1. The summed E-state index contributed by atoms with van der Waals surface area (Å²) in [7, 11) is 0. The van der Waals surface area contributed by atoms with E-state index in [4.69, 9.17) is 5.73 Å². The molecule has 0 aliphatic rings. The number of hydrogen-bond donors (Lipinski definition) is 2. The molecule has 0 aliphatic heterocycles. The highest BCUT2D eigenvalue weighted by atomic mass is 79.9. The van der Waals surface area contributed by atoms with Crippen LogP contribution in [-0.2, 0) is 13.0 Å². The van der Waals surface area contributed by atoms with E-state index in [1.165, 1.54) is 4.88 Å². The second kappa shape index (κ2) is 6.84. The molecule has 0 fully saturated rings. The average molecular weight is 339 g/mol. The maximum Gasteiger partial charge on any atom is 0.251 e. The SMILES string of the molecule is NCc1cccc(C(=O)NCCc2ccc(Br)s2)c1.